The number of pyridine rings is 1. The number of halogens is 1. The zero-order valence-electron chi connectivity index (χ0n) is 18.4. The summed E-state index contributed by atoms with van der Waals surface area (Å²) in [4.78, 5) is 40.7. The first-order valence-electron chi connectivity index (χ1n) is 10.2. The van der Waals surface area contributed by atoms with E-state index in [0.29, 0.717) is 54.9 Å². The maximum absolute atomic E-state index is 12.8. The molecule has 0 atom stereocenters. The fourth-order valence-corrected chi connectivity index (χ4v) is 3.77. The summed E-state index contributed by atoms with van der Waals surface area (Å²) in [6.07, 6.45) is 1.54. The molecule has 32 heavy (non-hydrogen) atoms. The van der Waals surface area contributed by atoms with Crippen LogP contribution in [-0.2, 0) is 22.7 Å². The minimum atomic E-state index is -0.307. The van der Waals surface area contributed by atoms with Gasteiger partial charge in [-0.25, -0.2) is 0 Å². The summed E-state index contributed by atoms with van der Waals surface area (Å²) >= 11 is 6.04. The van der Waals surface area contributed by atoms with Gasteiger partial charge in [0, 0.05) is 56.4 Å². The van der Waals surface area contributed by atoms with Crippen LogP contribution in [-0.4, -0.2) is 66.6 Å². The predicted octanol–water partition coefficient (Wildman–Crippen LogP) is 1.82. The van der Waals surface area contributed by atoms with Gasteiger partial charge in [-0.1, -0.05) is 11.6 Å². The van der Waals surface area contributed by atoms with Gasteiger partial charge < -0.3 is 24.3 Å². The molecule has 1 fully saturated rings. The van der Waals surface area contributed by atoms with E-state index < -0.39 is 0 Å². The van der Waals surface area contributed by atoms with Crippen molar-refractivity contribution in [2.45, 2.75) is 20.0 Å². The van der Waals surface area contributed by atoms with Gasteiger partial charge in [0.15, 0.2) is 5.75 Å². The Balaban J connectivity index is 1.78. The number of methoxy groups -OCH3 is 2. The number of piperazine rings is 1. The van der Waals surface area contributed by atoms with Crippen LogP contribution < -0.4 is 20.2 Å². The van der Waals surface area contributed by atoms with Crippen LogP contribution in [0.25, 0.3) is 0 Å². The molecule has 172 valence electrons. The molecule has 0 saturated carbocycles. The Hall–Kier alpha value is -3.04. The Labute approximate surface area is 191 Å². The Morgan fingerprint density at radius 1 is 1.06 bits per heavy atom. The Kier molecular flexibility index (Phi) is 7.76. The molecular weight excluding hydrogens is 436 g/mol. The molecule has 1 aliphatic heterocycles. The van der Waals surface area contributed by atoms with Gasteiger partial charge in [-0.3, -0.25) is 19.3 Å². The van der Waals surface area contributed by atoms with E-state index in [9.17, 15) is 14.4 Å². The number of nitrogens with zero attached hydrogens (tertiary/aromatic N) is 3. The van der Waals surface area contributed by atoms with Gasteiger partial charge in [-0.05, 0) is 18.2 Å². The van der Waals surface area contributed by atoms with Crippen LogP contribution in [0.15, 0.2) is 35.3 Å². The minimum Gasteiger partial charge on any atom is -0.495 e. The number of amides is 2. The number of aromatic nitrogens is 1. The first-order valence-corrected chi connectivity index (χ1v) is 10.6. The molecule has 1 N–H and O–H groups in total. The van der Waals surface area contributed by atoms with E-state index in [2.05, 4.69) is 10.2 Å². The highest BCUT2D eigenvalue weighted by Crippen LogP contribution is 2.27. The summed E-state index contributed by atoms with van der Waals surface area (Å²) in [7, 11) is 2.92. The molecule has 1 saturated heterocycles. The number of ether oxygens (including phenoxy) is 2. The molecule has 3 rings (SSSR count). The fourth-order valence-electron chi connectivity index (χ4n) is 3.60. The summed E-state index contributed by atoms with van der Waals surface area (Å²) in [5, 5.41) is 3.28. The lowest BCUT2D eigenvalue weighted by Gasteiger charge is -2.34. The van der Waals surface area contributed by atoms with Crippen LogP contribution in [0.4, 0.5) is 5.69 Å². The number of carbonyl (C=O) groups excluding carboxylic acids is 2. The lowest BCUT2D eigenvalue weighted by Crippen LogP contribution is -2.47. The van der Waals surface area contributed by atoms with Gasteiger partial charge in [0.2, 0.25) is 17.2 Å². The first-order chi connectivity index (χ1) is 15.3. The molecule has 2 aromatic rings. The van der Waals surface area contributed by atoms with Gasteiger partial charge in [0.1, 0.15) is 12.3 Å². The summed E-state index contributed by atoms with van der Waals surface area (Å²) in [6, 6.07) is 6.45. The highest BCUT2D eigenvalue weighted by atomic mass is 35.5. The van der Waals surface area contributed by atoms with E-state index in [-0.39, 0.29) is 29.5 Å². The van der Waals surface area contributed by atoms with Crippen LogP contribution in [0, 0.1) is 0 Å². The van der Waals surface area contributed by atoms with Crippen molar-refractivity contribution in [1.29, 1.82) is 0 Å². The quantitative estimate of drug-likeness (QED) is 0.674. The molecule has 0 spiro atoms. The average Bonchev–Trinajstić information content (AvgIpc) is 2.76. The molecule has 1 aromatic heterocycles. The second-order valence-corrected chi connectivity index (χ2v) is 7.94. The average molecular weight is 463 g/mol. The van der Waals surface area contributed by atoms with Gasteiger partial charge in [0.05, 0.1) is 26.1 Å². The molecule has 0 aliphatic carbocycles. The molecule has 2 amide bonds. The normalized spacial score (nSPS) is 14.2. The van der Waals surface area contributed by atoms with Gasteiger partial charge in [-0.15, -0.1) is 0 Å². The van der Waals surface area contributed by atoms with E-state index in [4.69, 9.17) is 21.1 Å². The number of rotatable bonds is 7. The van der Waals surface area contributed by atoms with Crippen LogP contribution in [0.2, 0.25) is 5.02 Å². The summed E-state index contributed by atoms with van der Waals surface area (Å²) < 4.78 is 12.1. The lowest BCUT2D eigenvalue weighted by atomic mass is 10.2. The van der Waals surface area contributed by atoms with Crippen molar-refractivity contribution in [3.8, 4) is 11.5 Å². The Bertz CT molecular complexity index is 1050. The third kappa shape index (κ3) is 5.80. The number of carbonyl (C=O) groups is 2. The zero-order valence-corrected chi connectivity index (χ0v) is 19.1. The van der Waals surface area contributed by atoms with Crippen molar-refractivity contribution in [2.75, 3.05) is 45.7 Å². The van der Waals surface area contributed by atoms with Crippen molar-refractivity contribution in [3.05, 3.63) is 51.4 Å². The molecule has 0 radical (unpaired) electrons. The zero-order chi connectivity index (χ0) is 23.3. The largest absolute Gasteiger partial charge is 0.495 e. The SMILES string of the molecule is COc1ccc(Cl)cc1NC(=O)Cn1cc(OC)c(=O)cc1CN1CCN(C(C)=O)CC1. The lowest BCUT2D eigenvalue weighted by molar-refractivity contribution is -0.130. The summed E-state index contributed by atoms with van der Waals surface area (Å²) in [6.45, 7) is 4.63. The minimum absolute atomic E-state index is 0.0327. The van der Waals surface area contributed by atoms with Crippen LogP contribution in [0.1, 0.15) is 12.6 Å². The predicted molar refractivity (Wildman–Crippen MR) is 121 cm³/mol. The van der Waals surface area contributed by atoms with Gasteiger partial charge in [-0.2, -0.15) is 0 Å². The Morgan fingerprint density at radius 3 is 2.38 bits per heavy atom. The highest BCUT2D eigenvalue weighted by molar-refractivity contribution is 6.31. The number of benzene rings is 1. The van der Waals surface area contributed by atoms with E-state index in [1.54, 1.807) is 34.6 Å². The smallest absolute Gasteiger partial charge is 0.244 e. The third-order valence-electron chi connectivity index (χ3n) is 5.36. The van der Waals surface area contributed by atoms with E-state index >= 15 is 0 Å². The molecule has 1 aliphatic rings. The first kappa shape index (κ1) is 23.6. The summed E-state index contributed by atoms with van der Waals surface area (Å²) in [5.41, 5.74) is 0.887. The molecule has 2 heterocycles. The molecule has 0 unspecified atom stereocenters. The highest BCUT2D eigenvalue weighted by Gasteiger charge is 2.20. The third-order valence-corrected chi connectivity index (χ3v) is 5.59. The van der Waals surface area contributed by atoms with E-state index in [1.807, 2.05) is 0 Å². The van der Waals surface area contributed by atoms with Crippen molar-refractivity contribution in [3.63, 3.8) is 0 Å². The topological polar surface area (TPSA) is 93.1 Å². The summed E-state index contributed by atoms with van der Waals surface area (Å²) in [5.74, 6) is 0.394. The maximum Gasteiger partial charge on any atom is 0.244 e. The van der Waals surface area contributed by atoms with Crippen molar-refractivity contribution in [2.24, 2.45) is 0 Å². The monoisotopic (exact) mass is 462 g/mol. The second-order valence-electron chi connectivity index (χ2n) is 7.50. The number of hydrogen-bond acceptors (Lipinski definition) is 6. The fraction of sp³-hybridized carbons (Fsp3) is 0.409. The van der Waals surface area contributed by atoms with Crippen LogP contribution in [0.3, 0.4) is 0 Å². The maximum atomic E-state index is 12.8. The molecule has 0 bridgehead atoms. The van der Waals surface area contributed by atoms with Gasteiger partial charge >= 0.3 is 0 Å². The van der Waals surface area contributed by atoms with E-state index in [1.165, 1.54) is 26.5 Å². The van der Waals surface area contributed by atoms with E-state index in [0.717, 1.165) is 0 Å². The standard InChI is InChI=1S/C22H27ClN4O5/c1-15(28)26-8-6-25(7-9-26)12-17-11-19(29)21(32-3)13-27(17)14-22(30)24-18-10-16(23)4-5-20(18)31-2/h4-5,10-11,13H,6-9,12,14H2,1-3H3,(H,24,30). The molecule has 9 nitrogen and oxygen atoms in total. The van der Waals surface area contributed by atoms with Crippen molar-refractivity contribution >= 4 is 29.1 Å². The molecule has 10 heteroatoms. The Morgan fingerprint density at radius 2 is 1.75 bits per heavy atom. The van der Waals surface area contributed by atoms with Gasteiger partial charge in [0.25, 0.3) is 0 Å². The molecule has 1 aromatic carbocycles. The van der Waals surface area contributed by atoms with Crippen molar-refractivity contribution in [1.82, 2.24) is 14.4 Å². The van der Waals surface area contributed by atoms with Crippen LogP contribution >= 0.6 is 11.6 Å². The van der Waals surface area contributed by atoms with Crippen LogP contribution in [0.5, 0.6) is 11.5 Å². The number of nitrogens with one attached hydrogen (secondary N) is 1. The number of anilines is 1. The van der Waals surface area contributed by atoms with Crippen molar-refractivity contribution < 1.29 is 19.1 Å². The second kappa shape index (κ2) is 10.5. The number of hydrogen-bond donors (Lipinski definition) is 1. The molecular formula is C22H27ClN4O5.